The Bertz CT molecular complexity index is 1420. The summed E-state index contributed by atoms with van der Waals surface area (Å²) in [6, 6.07) is 19.1. The average molecular weight is 599 g/mol. The molecule has 1 aromatic heterocycles. The lowest BCUT2D eigenvalue weighted by Gasteiger charge is -2.14. The highest BCUT2D eigenvalue weighted by Gasteiger charge is 2.14. The summed E-state index contributed by atoms with van der Waals surface area (Å²) in [5, 5.41) is 5.09. The monoisotopic (exact) mass is 597 g/mol. The van der Waals surface area contributed by atoms with Crippen molar-refractivity contribution in [2.45, 2.75) is 32.8 Å². The van der Waals surface area contributed by atoms with Crippen molar-refractivity contribution in [3.63, 3.8) is 0 Å². The summed E-state index contributed by atoms with van der Waals surface area (Å²) in [6.45, 7) is 2.47. The van der Waals surface area contributed by atoms with Gasteiger partial charge in [-0.3, -0.25) is 4.79 Å². The second kappa shape index (κ2) is 11.6. The molecule has 4 aromatic rings. The Morgan fingerprint density at radius 1 is 1.06 bits per heavy atom. The van der Waals surface area contributed by atoms with Gasteiger partial charge >= 0.3 is 0 Å². The normalized spacial score (nSPS) is 11.3. The van der Waals surface area contributed by atoms with Crippen LogP contribution in [0.3, 0.4) is 0 Å². The molecular weight excluding hydrogens is 574 g/mol. The highest BCUT2D eigenvalue weighted by atomic mass is 79.9. The van der Waals surface area contributed by atoms with Crippen LogP contribution >= 0.6 is 31.9 Å². The van der Waals surface area contributed by atoms with E-state index in [9.17, 15) is 4.79 Å². The van der Waals surface area contributed by atoms with Gasteiger partial charge in [-0.15, -0.1) is 0 Å². The van der Waals surface area contributed by atoms with Gasteiger partial charge in [0.25, 0.3) is 5.56 Å². The molecule has 0 N–H and O–H groups in total. The molecule has 35 heavy (non-hydrogen) atoms. The zero-order valence-corrected chi connectivity index (χ0v) is 22.7. The Balaban J connectivity index is 1.78. The van der Waals surface area contributed by atoms with Gasteiger partial charge < -0.3 is 9.47 Å². The van der Waals surface area contributed by atoms with Crippen LogP contribution in [0.15, 0.2) is 79.5 Å². The number of hydrogen-bond donors (Lipinski definition) is 0. The van der Waals surface area contributed by atoms with E-state index in [4.69, 9.17) is 14.5 Å². The Morgan fingerprint density at radius 2 is 1.86 bits per heavy atom. The van der Waals surface area contributed by atoms with E-state index >= 15 is 0 Å². The van der Waals surface area contributed by atoms with Crippen molar-refractivity contribution in [2.24, 2.45) is 5.10 Å². The van der Waals surface area contributed by atoms with Crippen LogP contribution in [-0.2, 0) is 13.0 Å². The van der Waals surface area contributed by atoms with Gasteiger partial charge in [0.05, 0.1) is 24.2 Å². The van der Waals surface area contributed by atoms with Crippen LogP contribution in [0.2, 0.25) is 0 Å². The fourth-order valence-electron chi connectivity index (χ4n) is 3.65. The Labute approximate surface area is 220 Å². The molecule has 0 fully saturated rings. The Hall–Kier alpha value is -2.97. The minimum Gasteiger partial charge on any atom is -0.493 e. The van der Waals surface area contributed by atoms with Crippen LogP contribution < -0.4 is 15.0 Å². The summed E-state index contributed by atoms with van der Waals surface area (Å²) < 4.78 is 14.7. The maximum Gasteiger partial charge on any atom is 0.282 e. The molecule has 0 atom stereocenters. The third-order valence-corrected chi connectivity index (χ3v) is 6.39. The van der Waals surface area contributed by atoms with Crippen LogP contribution in [0.5, 0.6) is 11.5 Å². The molecule has 4 rings (SSSR count). The van der Waals surface area contributed by atoms with Gasteiger partial charge in [0, 0.05) is 20.9 Å². The van der Waals surface area contributed by atoms with E-state index in [-0.39, 0.29) is 5.56 Å². The van der Waals surface area contributed by atoms with Gasteiger partial charge in [-0.1, -0.05) is 75.5 Å². The van der Waals surface area contributed by atoms with Gasteiger partial charge in [-0.2, -0.15) is 9.78 Å². The average Bonchev–Trinajstić information content (AvgIpc) is 2.87. The second-order valence-corrected chi connectivity index (χ2v) is 9.79. The number of halogens is 2. The zero-order valence-electron chi connectivity index (χ0n) is 19.5. The molecule has 180 valence electrons. The van der Waals surface area contributed by atoms with Gasteiger partial charge in [-0.05, 0) is 42.3 Å². The summed E-state index contributed by atoms with van der Waals surface area (Å²) in [5.41, 5.74) is 2.15. The van der Waals surface area contributed by atoms with Crippen molar-refractivity contribution < 1.29 is 9.47 Å². The number of hydrogen-bond acceptors (Lipinski definition) is 5. The van der Waals surface area contributed by atoms with Crippen molar-refractivity contribution in [1.29, 1.82) is 0 Å². The van der Waals surface area contributed by atoms with Crippen LogP contribution in [0.25, 0.3) is 10.9 Å². The lowest BCUT2D eigenvalue weighted by atomic mass is 10.2. The van der Waals surface area contributed by atoms with Crippen molar-refractivity contribution in [2.75, 3.05) is 7.11 Å². The smallest absolute Gasteiger partial charge is 0.282 e. The van der Waals surface area contributed by atoms with E-state index in [1.807, 2.05) is 54.6 Å². The third-order valence-electron chi connectivity index (χ3n) is 5.44. The van der Waals surface area contributed by atoms with E-state index < -0.39 is 0 Å². The first kappa shape index (κ1) is 25.1. The molecule has 8 heteroatoms. The molecule has 0 amide bonds. The fraction of sp³-hybridized carbons (Fsp3) is 0.222. The molecule has 0 aliphatic carbocycles. The SMILES string of the molecule is CCCCc1nc2ccc(Br)cc2c(=O)n1N=Cc1cc(Br)cc(OC)c1OCc1ccccc1. The quantitative estimate of drug-likeness (QED) is 0.200. The number of aryl methyl sites for hydroxylation is 1. The molecule has 0 aliphatic heterocycles. The topological polar surface area (TPSA) is 65.7 Å². The van der Waals surface area contributed by atoms with Crippen molar-refractivity contribution in [3.8, 4) is 11.5 Å². The molecule has 0 unspecified atom stereocenters. The summed E-state index contributed by atoms with van der Waals surface area (Å²) in [7, 11) is 1.59. The second-order valence-electron chi connectivity index (χ2n) is 7.96. The number of unbranched alkanes of at least 4 members (excludes halogenated alkanes) is 1. The van der Waals surface area contributed by atoms with E-state index in [1.54, 1.807) is 19.4 Å². The highest BCUT2D eigenvalue weighted by molar-refractivity contribution is 9.10. The number of rotatable bonds is 9. The molecular formula is C27H25Br2N3O3. The maximum atomic E-state index is 13.4. The fourth-order valence-corrected chi connectivity index (χ4v) is 4.47. The standard InChI is InChI=1S/C27H25Br2N3O3/c1-3-4-10-25-31-23-12-11-20(28)14-22(23)27(33)32(25)30-16-19-13-21(29)15-24(34-2)26(19)35-17-18-8-6-5-7-9-18/h5-9,11-16H,3-4,10,17H2,1-2H3. The number of ether oxygens (including phenoxy) is 2. The molecule has 0 saturated carbocycles. The molecule has 0 radical (unpaired) electrons. The lowest BCUT2D eigenvalue weighted by Crippen LogP contribution is -2.22. The van der Waals surface area contributed by atoms with Gasteiger partial charge in [0.2, 0.25) is 0 Å². The molecule has 3 aromatic carbocycles. The summed E-state index contributed by atoms with van der Waals surface area (Å²) in [6.07, 6.45) is 4.16. The molecule has 0 saturated heterocycles. The van der Waals surface area contributed by atoms with E-state index in [0.29, 0.717) is 46.8 Å². The highest BCUT2D eigenvalue weighted by Crippen LogP contribution is 2.34. The Morgan fingerprint density at radius 3 is 2.60 bits per heavy atom. The molecule has 0 aliphatic rings. The van der Waals surface area contributed by atoms with Gasteiger partial charge in [0.15, 0.2) is 11.5 Å². The van der Waals surface area contributed by atoms with Crippen LogP contribution in [0.4, 0.5) is 0 Å². The number of methoxy groups -OCH3 is 1. The molecule has 0 spiro atoms. The zero-order chi connectivity index (χ0) is 24.8. The number of fused-ring (bicyclic) bond motifs is 1. The van der Waals surface area contributed by atoms with Crippen molar-refractivity contribution >= 4 is 49.0 Å². The summed E-state index contributed by atoms with van der Waals surface area (Å²) >= 11 is 6.98. The molecule has 6 nitrogen and oxygen atoms in total. The van der Waals surface area contributed by atoms with Crippen molar-refractivity contribution in [1.82, 2.24) is 9.66 Å². The van der Waals surface area contributed by atoms with Gasteiger partial charge in [0.1, 0.15) is 12.4 Å². The predicted molar refractivity (Wildman–Crippen MR) is 147 cm³/mol. The summed E-state index contributed by atoms with van der Waals surface area (Å²) in [4.78, 5) is 18.1. The minimum absolute atomic E-state index is 0.215. The first-order valence-corrected chi connectivity index (χ1v) is 12.9. The maximum absolute atomic E-state index is 13.4. The first-order chi connectivity index (χ1) is 17.0. The lowest BCUT2D eigenvalue weighted by molar-refractivity contribution is 0.284. The molecule has 0 bridgehead atoms. The van der Waals surface area contributed by atoms with Crippen LogP contribution in [-0.4, -0.2) is 23.0 Å². The van der Waals surface area contributed by atoms with Crippen LogP contribution in [0.1, 0.15) is 36.7 Å². The predicted octanol–water partition coefficient (Wildman–Crippen LogP) is 6.73. The van der Waals surface area contributed by atoms with Crippen molar-refractivity contribution in [3.05, 3.63) is 96.9 Å². The number of nitrogens with zero attached hydrogens (tertiary/aromatic N) is 3. The molecule has 1 heterocycles. The minimum atomic E-state index is -0.215. The summed E-state index contributed by atoms with van der Waals surface area (Å²) in [5.74, 6) is 1.73. The van der Waals surface area contributed by atoms with E-state index in [1.165, 1.54) is 4.68 Å². The van der Waals surface area contributed by atoms with E-state index in [0.717, 1.165) is 27.4 Å². The van der Waals surface area contributed by atoms with Gasteiger partial charge in [-0.25, -0.2) is 4.98 Å². The van der Waals surface area contributed by atoms with E-state index in [2.05, 4.69) is 43.9 Å². The third kappa shape index (κ3) is 6.00. The number of benzene rings is 3. The number of aromatic nitrogens is 2. The largest absolute Gasteiger partial charge is 0.493 e. The van der Waals surface area contributed by atoms with Crippen LogP contribution in [0, 0.1) is 0 Å². The Kier molecular flexibility index (Phi) is 8.36. The first-order valence-electron chi connectivity index (χ1n) is 11.3.